The first-order chi connectivity index (χ1) is 12.3. The summed E-state index contributed by atoms with van der Waals surface area (Å²) in [5.74, 6) is 0. The molecule has 130 valence electrons. The third kappa shape index (κ3) is 3.55. The molecule has 0 spiro atoms. The second-order valence-corrected chi connectivity index (χ2v) is 6.56. The van der Waals surface area contributed by atoms with E-state index in [0.717, 1.165) is 55.0 Å². The van der Waals surface area contributed by atoms with Gasteiger partial charge in [0.05, 0.1) is 21.9 Å². The van der Waals surface area contributed by atoms with Gasteiger partial charge in [-0.05, 0) is 23.8 Å². The monoisotopic (exact) mass is 356 g/mol. The number of fused-ring (bicyclic) bond motifs is 1. The lowest BCUT2D eigenvalue weighted by molar-refractivity contribution is 0.298. The lowest BCUT2D eigenvalue weighted by Gasteiger charge is -2.34. The predicted molar refractivity (Wildman–Crippen MR) is 100.0 cm³/mol. The number of benzene rings is 1. The molecule has 3 heterocycles. The van der Waals surface area contributed by atoms with Gasteiger partial charge in [0.15, 0.2) is 0 Å². The summed E-state index contributed by atoms with van der Waals surface area (Å²) in [6.45, 7) is 5.66. The highest BCUT2D eigenvalue weighted by Crippen LogP contribution is 2.23. The van der Waals surface area contributed by atoms with Gasteiger partial charge in [0.1, 0.15) is 5.52 Å². The van der Waals surface area contributed by atoms with Gasteiger partial charge in [-0.3, -0.25) is 9.97 Å². The van der Waals surface area contributed by atoms with Gasteiger partial charge in [-0.15, -0.1) is 0 Å². The summed E-state index contributed by atoms with van der Waals surface area (Å²) in [6.07, 6.45) is 7.65. The molecule has 0 radical (unpaired) electrons. The van der Waals surface area contributed by atoms with E-state index in [-0.39, 0.29) is 0 Å². The van der Waals surface area contributed by atoms with Crippen molar-refractivity contribution < 1.29 is 0 Å². The smallest absolute Gasteiger partial charge is 0.107 e. The molecule has 0 aliphatic carbocycles. The highest BCUT2D eigenvalue weighted by Gasteiger charge is 2.18. The van der Waals surface area contributed by atoms with Crippen LogP contribution in [0.15, 0.2) is 48.2 Å². The minimum Gasteiger partial charge on any atom is -0.386 e. The average molecular weight is 357 g/mol. The summed E-state index contributed by atoms with van der Waals surface area (Å²) in [5.41, 5.74) is 5.04. The van der Waals surface area contributed by atoms with E-state index in [2.05, 4.69) is 43.1 Å². The van der Waals surface area contributed by atoms with Gasteiger partial charge in [0.25, 0.3) is 0 Å². The number of hydrogen-bond acceptors (Lipinski definition) is 6. The molecule has 7 heteroatoms. The molecule has 2 aliphatic rings. The maximum Gasteiger partial charge on any atom is 0.107 e. The topological polar surface area (TPSA) is 65.1 Å². The minimum absolute atomic E-state index is 0.635. The Bertz CT molecular complexity index is 825. The van der Waals surface area contributed by atoms with Gasteiger partial charge in [-0.25, -0.2) is 0 Å². The van der Waals surface area contributed by atoms with E-state index in [1.54, 1.807) is 12.4 Å². The fourth-order valence-electron chi connectivity index (χ4n) is 3.23. The average Bonchev–Trinajstić information content (AvgIpc) is 2.67. The third-order valence-corrected chi connectivity index (χ3v) is 4.75. The van der Waals surface area contributed by atoms with E-state index in [1.165, 1.54) is 5.70 Å². The number of halogens is 1. The fraction of sp³-hybridized carbons (Fsp3) is 0.333. The summed E-state index contributed by atoms with van der Waals surface area (Å²) >= 11 is 6.35. The summed E-state index contributed by atoms with van der Waals surface area (Å²) < 4.78 is 0. The summed E-state index contributed by atoms with van der Waals surface area (Å²) in [5, 5.41) is 10.9. The first kappa shape index (κ1) is 16.2. The van der Waals surface area contributed by atoms with Crippen LogP contribution < -0.4 is 16.0 Å². The van der Waals surface area contributed by atoms with Crippen molar-refractivity contribution in [3.05, 3.63) is 58.8 Å². The molecular weight excluding hydrogens is 336 g/mol. The molecule has 4 rings (SSSR count). The molecule has 1 aromatic heterocycles. The van der Waals surface area contributed by atoms with Crippen molar-refractivity contribution in [1.29, 1.82) is 0 Å². The maximum absolute atomic E-state index is 6.35. The van der Waals surface area contributed by atoms with Gasteiger partial charge in [-0.2, -0.15) is 0 Å². The van der Waals surface area contributed by atoms with E-state index in [1.807, 2.05) is 12.1 Å². The Morgan fingerprint density at radius 1 is 1.16 bits per heavy atom. The Morgan fingerprint density at radius 3 is 2.88 bits per heavy atom. The van der Waals surface area contributed by atoms with Gasteiger partial charge in [0.2, 0.25) is 0 Å². The van der Waals surface area contributed by atoms with Crippen molar-refractivity contribution in [1.82, 2.24) is 30.8 Å². The quantitative estimate of drug-likeness (QED) is 0.773. The van der Waals surface area contributed by atoms with Crippen LogP contribution in [0, 0.1) is 0 Å². The van der Waals surface area contributed by atoms with Crippen LogP contribution in [-0.2, 0) is 6.54 Å². The van der Waals surface area contributed by atoms with Gasteiger partial charge >= 0.3 is 0 Å². The zero-order chi connectivity index (χ0) is 17.1. The molecule has 3 N–H and O–H groups in total. The Morgan fingerprint density at radius 2 is 2.00 bits per heavy atom. The molecule has 0 saturated carbocycles. The van der Waals surface area contributed by atoms with Gasteiger partial charge in [0, 0.05) is 57.9 Å². The van der Waals surface area contributed by atoms with Crippen LogP contribution in [0.2, 0.25) is 5.02 Å². The first-order valence-electron chi connectivity index (χ1n) is 8.54. The van der Waals surface area contributed by atoms with Crippen LogP contribution in [0.4, 0.5) is 0 Å². The van der Waals surface area contributed by atoms with Crippen molar-refractivity contribution in [2.45, 2.75) is 6.54 Å². The number of dihydropyridines is 1. The molecule has 0 amide bonds. The SMILES string of the molecule is Clc1cc(CNC2=CNCC=C2N2CCNCC2)cc2nccnc12. The lowest BCUT2D eigenvalue weighted by atomic mass is 10.1. The van der Waals surface area contributed by atoms with Crippen LogP contribution in [0.3, 0.4) is 0 Å². The molecule has 0 atom stereocenters. The molecule has 6 nitrogen and oxygen atoms in total. The van der Waals surface area contributed by atoms with Crippen molar-refractivity contribution in [3.8, 4) is 0 Å². The standard InChI is InChI=1S/C18H21ClN6/c19-14-9-13(10-15-18(14)23-4-3-22-15)11-24-16-12-21-2-1-17(16)25-7-5-20-6-8-25/h1,3-4,9-10,12,20-21,24H,2,5-8,11H2. The van der Waals surface area contributed by atoms with E-state index in [0.29, 0.717) is 11.6 Å². The Labute approximate surface area is 152 Å². The van der Waals surface area contributed by atoms with Gasteiger partial charge in [-0.1, -0.05) is 11.6 Å². The zero-order valence-corrected chi connectivity index (χ0v) is 14.7. The number of nitrogens with zero attached hydrogens (tertiary/aromatic N) is 3. The van der Waals surface area contributed by atoms with Crippen LogP contribution in [0.1, 0.15) is 5.56 Å². The summed E-state index contributed by atoms with van der Waals surface area (Å²) in [7, 11) is 0. The molecule has 25 heavy (non-hydrogen) atoms. The van der Waals surface area contributed by atoms with Gasteiger partial charge < -0.3 is 20.9 Å². The Balaban J connectivity index is 1.50. The Hall–Kier alpha value is -2.31. The van der Waals surface area contributed by atoms with Crippen molar-refractivity contribution in [3.63, 3.8) is 0 Å². The molecule has 2 aliphatic heterocycles. The van der Waals surface area contributed by atoms with E-state index >= 15 is 0 Å². The van der Waals surface area contributed by atoms with Crippen molar-refractivity contribution in [2.24, 2.45) is 0 Å². The molecule has 1 saturated heterocycles. The molecule has 1 aromatic carbocycles. The van der Waals surface area contributed by atoms with Crippen LogP contribution >= 0.6 is 11.6 Å². The minimum atomic E-state index is 0.635. The number of nitrogens with one attached hydrogen (secondary N) is 3. The van der Waals surface area contributed by atoms with Crippen LogP contribution in [0.5, 0.6) is 0 Å². The van der Waals surface area contributed by atoms with Crippen LogP contribution in [-0.4, -0.2) is 47.6 Å². The second-order valence-electron chi connectivity index (χ2n) is 6.15. The van der Waals surface area contributed by atoms with E-state index in [9.17, 15) is 0 Å². The number of piperazine rings is 1. The molecule has 2 aromatic rings. The highest BCUT2D eigenvalue weighted by molar-refractivity contribution is 6.34. The number of hydrogen-bond donors (Lipinski definition) is 3. The summed E-state index contributed by atoms with van der Waals surface area (Å²) in [6, 6.07) is 3.99. The highest BCUT2D eigenvalue weighted by atomic mass is 35.5. The largest absolute Gasteiger partial charge is 0.386 e. The molecule has 0 unspecified atom stereocenters. The van der Waals surface area contributed by atoms with E-state index in [4.69, 9.17) is 11.6 Å². The number of aromatic nitrogens is 2. The second kappa shape index (κ2) is 7.29. The van der Waals surface area contributed by atoms with Crippen molar-refractivity contribution in [2.75, 3.05) is 32.7 Å². The normalized spacial score (nSPS) is 17.7. The maximum atomic E-state index is 6.35. The van der Waals surface area contributed by atoms with E-state index < -0.39 is 0 Å². The fourth-order valence-corrected chi connectivity index (χ4v) is 3.52. The Kier molecular flexibility index (Phi) is 4.72. The lowest BCUT2D eigenvalue weighted by Crippen LogP contribution is -2.45. The molecule has 0 bridgehead atoms. The predicted octanol–water partition coefficient (Wildman–Crippen LogP) is 1.61. The zero-order valence-electron chi connectivity index (χ0n) is 13.9. The third-order valence-electron chi connectivity index (χ3n) is 4.46. The van der Waals surface area contributed by atoms with Crippen LogP contribution in [0.25, 0.3) is 11.0 Å². The molecule has 1 fully saturated rings. The first-order valence-corrected chi connectivity index (χ1v) is 8.92. The summed E-state index contributed by atoms with van der Waals surface area (Å²) in [4.78, 5) is 11.1. The number of rotatable bonds is 4. The van der Waals surface area contributed by atoms with Crippen molar-refractivity contribution >= 4 is 22.6 Å². The molecular formula is C18H21ClN6.